The van der Waals surface area contributed by atoms with Crippen LogP contribution in [0.25, 0.3) is 0 Å². The number of allylic oxidation sites excluding steroid dienone is 2. The molecule has 2 nitrogen and oxygen atoms in total. The average Bonchev–Trinajstić information content (AvgIpc) is 2.21. The molecule has 0 N–H and O–H groups in total. The second-order valence-electron chi connectivity index (χ2n) is 4.35. The molecule has 0 amide bonds. The summed E-state index contributed by atoms with van der Waals surface area (Å²) in [5.74, 6) is 0.547. The molecule has 84 valence electrons. The summed E-state index contributed by atoms with van der Waals surface area (Å²) in [6.07, 6.45) is 5.42. The predicted octanol–water partition coefficient (Wildman–Crippen LogP) is 2.89. The zero-order chi connectivity index (χ0) is 11.4. The van der Waals surface area contributed by atoms with Crippen molar-refractivity contribution in [3.63, 3.8) is 0 Å². The Morgan fingerprint density at radius 2 is 2.27 bits per heavy atom. The van der Waals surface area contributed by atoms with Gasteiger partial charge in [-0.15, -0.1) is 0 Å². The van der Waals surface area contributed by atoms with E-state index in [1.165, 1.54) is 0 Å². The van der Waals surface area contributed by atoms with Crippen LogP contribution in [-0.4, -0.2) is 18.0 Å². The molecule has 15 heavy (non-hydrogen) atoms. The Kier molecular flexibility index (Phi) is 4.28. The summed E-state index contributed by atoms with van der Waals surface area (Å²) in [5, 5.41) is 0. The van der Waals surface area contributed by atoms with Crippen molar-refractivity contribution >= 4 is 5.78 Å². The van der Waals surface area contributed by atoms with Crippen molar-refractivity contribution in [2.24, 2.45) is 5.92 Å². The van der Waals surface area contributed by atoms with Crippen molar-refractivity contribution < 1.29 is 9.53 Å². The number of ketones is 1. The Balaban J connectivity index is 2.55. The monoisotopic (exact) mass is 208 g/mol. The lowest BCUT2D eigenvalue weighted by atomic mass is 9.90. The van der Waals surface area contributed by atoms with Crippen LogP contribution >= 0.6 is 0 Å². The molecular weight excluding hydrogens is 188 g/mol. The number of carbonyl (C=O) groups is 1. The standard InChI is InChI=1S/C13H20O2/c1-5-9(2)6-7-13-10(3)8-12(14)11(4)15-13/h5-6,10-11,13H,1,7-8H2,2-4H3/b9-6+/t10?,11-,13+/m1/s1. The number of ether oxygens (including phenoxy) is 1. The number of carbonyl (C=O) groups excluding carboxylic acids is 1. The average molecular weight is 208 g/mol. The van der Waals surface area contributed by atoms with Gasteiger partial charge in [-0.25, -0.2) is 0 Å². The molecule has 1 aliphatic heterocycles. The molecule has 0 aromatic carbocycles. The fourth-order valence-electron chi connectivity index (χ4n) is 1.76. The second kappa shape index (κ2) is 5.26. The molecule has 0 aromatic heterocycles. The van der Waals surface area contributed by atoms with Gasteiger partial charge in [-0.2, -0.15) is 0 Å². The number of rotatable bonds is 3. The maximum Gasteiger partial charge on any atom is 0.161 e. The van der Waals surface area contributed by atoms with Crippen LogP contribution in [0.5, 0.6) is 0 Å². The molecule has 0 aliphatic carbocycles. The molecule has 0 aromatic rings. The normalized spacial score (nSPS) is 32.9. The van der Waals surface area contributed by atoms with Crippen molar-refractivity contribution in [3.05, 3.63) is 24.3 Å². The molecule has 0 radical (unpaired) electrons. The van der Waals surface area contributed by atoms with E-state index in [0.717, 1.165) is 12.0 Å². The summed E-state index contributed by atoms with van der Waals surface area (Å²) in [5.41, 5.74) is 1.16. The molecule has 1 unspecified atom stereocenters. The summed E-state index contributed by atoms with van der Waals surface area (Å²) < 4.78 is 5.68. The quantitative estimate of drug-likeness (QED) is 0.667. The van der Waals surface area contributed by atoms with Crippen LogP contribution in [0, 0.1) is 5.92 Å². The van der Waals surface area contributed by atoms with Crippen molar-refractivity contribution in [2.75, 3.05) is 0 Å². The topological polar surface area (TPSA) is 26.3 Å². The summed E-state index contributed by atoms with van der Waals surface area (Å²) in [6, 6.07) is 0. The molecular formula is C13H20O2. The minimum absolute atomic E-state index is 0.174. The minimum atomic E-state index is -0.233. The molecule has 0 spiro atoms. The number of Topliss-reactive ketones (excluding diaryl/α,β-unsaturated/α-hetero) is 1. The highest BCUT2D eigenvalue weighted by Crippen LogP contribution is 2.25. The van der Waals surface area contributed by atoms with E-state index in [0.29, 0.717) is 12.3 Å². The van der Waals surface area contributed by atoms with E-state index in [1.807, 2.05) is 19.9 Å². The first-order valence-electron chi connectivity index (χ1n) is 5.52. The smallest absolute Gasteiger partial charge is 0.161 e. The van der Waals surface area contributed by atoms with Gasteiger partial charge in [0.1, 0.15) is 6.10 Å². The first-order valence-corrected chi connectivity index (χ1v) is 5.52. The summed E-state index contributed by atoms with van der Waals surface area (Å²) >= 11 is 0. The Hall–Kier alpha value is -0.890. The van der Waals surface area contributed by atoms with E-state index in [4.69, 9.17) is 4.74 Å². The third-order valence-corrected chi connectivity index (χ3v) is 2.98. The van der Waals surface area contributed by atoms with E-state index in [9.17, 15) is 4.79 Å². The second-order valence-corrected chi connectivity index (χ2v) is 4.35. The lowest BCUT2D eigenvalue weighted by Crippen LogP contribution is -2.38. The van der Waals surface area contributed by atoms with Gasteiger partial charge in [0.2, 0.25) is 0 Å². The van der Waals surface area contributed by atoms with Gasteiger partial charge in [0.25, 0.3) is 0 Å². The SMILES string of the molecule is C=C/C(C)=C/C[C@@H]1O[C@H](C)C(=O)CC1C. The minimum Gasteiger partial charge on any atom is -0.367 e. The molecule has 2 heteroatoms. The third kappa shape index (κ3) is 3.31. The molecule has 1 fully saturated rings. The predicted molar refractivity (Wildman–Crippen MR) is 61.7 cm³/mol. The van der Waals surface area contributed by atoms with Gasteiger partial charge in [-0.1, -0.05) is 31.2 Å². The van der Waals surface area contributed by atoms with Crippen molar-refractivity contribution in [3.8, 4) is 0 Å². The van der Waals surface area contributed by atoms with E-state index >= 15 is 0 Å². The van der Waals surface area contributed by atoms with Gasteiger partial charge in [-0.3, -0.25) is 4.79 Å². The van der Waals surface area contributed by atoms with E-state index < -0.39 is 0 Å². The van der Waals surface area contributed by atoms with Gasteiger partial charge >= 0.3 is 0 Å². The van der Waals surface area contributed by atoms with E-state index in [-0.39, 0.29) is 18.0 Å². The summed E-state index contributed by atoms with van der Waals surface area (Å²) in [7, 11) is 0. The Bertz CT molecular complexity index is 278. The molecule has 1 aliphatic rings. The van der Waals surface area contributed by atoms with Crippen molar-refractivity contribution in [1.29, 1.82) is 0 Å². The zero-order valence-electron chi connectivity index (χ0n) is 9.82. The summed E-state index contributed by atoms with van der Waals surface area (Å²) in [4.78, 5) is 11.4. The Morgan fingerprint density at radius 1 is 1.60 bits per heavy atom. The van der Waals surface area contributed by atoms with Gasteiger partial charge in [0.15, 0.2) is 5.78 Å². The van der Waals surface area contributed by atoms with Crippen LogP contribution in [0.1, 0.15) is 33.6 Å². The Labute approximate surface area is 92.0 Å². The fourth-order valence-corrected chi connectivity index (χ4v) is 1.76. The highest BCUT2D eigenvalue weighted by atomic mass is 16.5. The lowest BCUT2D eigenvalue weighted by molar-refractivity contribution is -0.146. The van der Waals surface area contributed by atoms with Crippen molar-refractivity contribution in [2.45, 2.75) is 45.8 Å². The van der Waals surface area contributed by atoms with Gasteiger partial charge in [0, 0.05) is 6.42 Å². The molecule has 0 saturated carbocycles. The first kappa shape index (κ1) is 12.2. The van der Waals surface area contributed by atoms with Crippen LogP contribution in [0.4, 0.5) is 0 Å². The van der Waals surface area contributed by atoms with Crippen LogP contribution in [0.3, 0.4) is 0 Å². The highest BCUT2D eigenvalue weighted by Gasteiger charge is 2.30. The van der Waals surface area contributed by atoms with Crippen LogP contribution in [0.15, 0.2) is 24.3 Å². The summed E-state index contributed by atoms with van der Waals surface area (Å²) in [6.45, 7) is 9.64. The first-order chi connectivity index (χ1) is 7.04. The number of hydrogen-bond acceptors (Lipinski definition) is 2. The number of hydrogen-bond donors (Lipinski definition) is 0. The van der Waals surface area contributed by atoms with Crippen molar-refractivity contribution in [1.82, 2.24) is 0 Å². The van der Waals surface area contributed by atoms with Crippen LogP contribution in [0.2, 0.25) is 0 Å². The molecule has 1 heterocycles. The van der Waals surface area contributed by atoms with E-state index in [1.54, 1.807) is 0 Å². The van der Waals surface area contributed by atoms with Gasteiger partial charge < -0.3 is 4.74 Å². The molecule has 1 saturated heterocycles. The van der Waals surface area contributed by atoms with Gasteiger partial charge in [-0.05, 0) is 26.2 Å². The zero-order valence-corrected chi connectivity index (χ0v) is 9.82. The molecule has 0 bridgehead atoms. The fraction of sp³-hybridized carbons (Fsp3) is 0.615. The highest BCUT2D eigenvalue weighted by molar-refractivity contribution is 5.83. The Morgan fingerprint density at radius 3 is 2.87 bits per heavy atom. The molecule has 3 atom stereocenters. The lowest BCUT2D eigenvalue weighted by Gasteiger charge is -2.31. The van der Waals surface area contributed by atoms with Crippen LogP contribution in [-0.2, 0) is 9.53 Å². The third-order valence-electron chi connectivity index (χ3n) is 2.98. The maximum atomic E-state index is 11.4. The van der Waals surface area contributed by atoms with E-state index in [2.05, 4.69) is 19.6 Å². The largest absolute Gasteiger partial charge is 0.367 e. The molecule has 1 rings (SSSR count). The maximum absolute atomic E-state index is 11.4. The van der Waals surface area contributed by atoms with Crippen LogP contribution < -0.4 is 0 Å². The van der Waals surface area contributed by atoms with Gasteiger partial charge in [0.05, 0.1) is 6.10 Å².